The standard InChI is InChI=1S/C21H25N3O/c1-23(20-10-6-3-7-11-20)17-14-22-21(25)24-15-12-19(13-16-24)18-8-4-2-5-9-18/h2-12H,13-17H2,1H3,(H,22,25). The van der Waals surface area contributed by atoms with Gasteiger partial charge in [-0.2, -0.15) is 0 Å². The molecule has 0 atom stereocenters. The Kier molecular flexibility index (Phi) is 5.73. The Balaban J connectivity index is 1.44. The number of amides is 2. The average molecular weight is 335 g/mol. The molecule has 0 fully saturated rings. The Morgan fingerprint density at radius 1 is 1.08 bits per heavy atom. The fourth-order valence-corrected chi connectivity index (χ4v) is 3.02. The van der Waals surface area contributed by atoms with Gasteiger partial charge in [0.2, 0.25) is 0 Å². The zero-order valence-electron chi connectivity index (χ0n) is 14.7. The topological polar surface area (TPSA) is 35.6 Å². The summed E-state index contributed by atoms with van der Waals surface area (Å²) >= 11 is 0. The summed E-state index contributed by atoms with van der Waals surface area (Å²) in [6.07, 6.45) is 3.07. The first-order valence-electron chi connectivity index (χ1n) is 8.77. The maximum Gasteiger partial charge on any atom is 0.317 e. The van der Waals surface area contributed by atoms with E-state index in [0.29, 0.717) is 13.1 Å². The molecule has 4 nitrogen and oxygen atoms in total. The SMILES string of the molecule is CN(CCNC(=O)N1CC=C(c2ccccc2)CC1)c1ccccc1. The molecular weight excluding hydrogens is 310 g/mol. The second-order valence-electron chi connectivity index (χ2n) is 6.28. The molecule has 1 N–H and O–H groups in total. The molecule has 0 saturated heterocycles. The third kappa shape index (κ3) is 4.63. The van der Waals surface area contributed by atoms with Gasteiger partial charge in [-0.15, -0.1) is 0 Å². The van der Waals surface area contributed by atoms with Gasteiger partial charge in [0.25, 0.3) is 0 Å². The molecule has 0 unspecified atom stereocenters. The minimum absolute atomic E-state index is 0.0184. The van der Waals surface area contributed by atoms with E-state index in [2.05, 4.69) is 52.7 Å². The number of rotatable bonds is 5. The summed E-state index contributed by atoms with van der Waals surface area (Å²) in [5, 5.41) is 3.02. The van der Waals surface area contributed by atoms with Crippen LogP contribution in [0, 0.1) is 0 Å². The van der Waals surface area contributed by atoms with Crippen LogP contribution in [-0.2, 0) is 0 Å². The van der Waals surface area contributed by atoms with Crippen LogP contribution in [0.2, 0.25) is 0 Å². The van der Waals surface area contributed by atoms with E-state index in [1.165, 1.54) is 11.1 Å². The molecule has 0 aromatic heterocycles. The first-order valence-corrected chi connectivity index (χ1v) is 8.77. The van der Waals surface area contributed by atoms with Gasteiger partial charge in [-0.25, -0.2) is 4.79 Å². The van der Waals surface area contributed by atoms with Gasteiger partial charge in [0.05, 0.1) is 0 Å². The van der Waals surface area contributed by atoms with Gasteiger partial charge < -0.3 is 15.1 Å². The normalized spacial score (nSPS) is 14.0. The smallest absolute Gasteiger partial charge is 0.317 e. The first kappa shape index (κ1) is 17.1. The highest BCUT2D eigenvalue weighted by Gasteiger charge is 2.17. The number of carbonyl (C=O) groups excluding carboxylic acids is 1. The number of nitrogens with zero attached hydrogens (tertiary/aromatic N) is 2. The van der Waals surface area contributed by atoms with Gasteiger partial charge >= 0.3 is 6.03 Å². The van der Waals surface area contributed by atoms with Gasteiger partial charge in [-0.3, -0.25) is 0 Å². The third-order valence-electron chi connectivity index (χ3n) is 4.56. The number of likely N-dealkylation sites (N-methyl/N-ethyl adjacent to an activating group) is 1. The van der Waals surface area contributed by atoms with Crippen LogP contribution in [0.25, 0.3) is 5.57 Å². The van der Waals surface area contributed by atoms with E-state index < -0.39 is 0 Å². The number of benzene rings is 2. The van der Waals surface area contributed by atoms with Crippen LogP contribution in [0.3, 0.4) is 0 Å². The lowest BCUT2D eigenvalue weighted by Gasteiger charge is -2.27. The molecule has 2 aromatic rings. The highest BCUT2D eigenvalue weighted by Crippen LogP contribution is 2.21. The minimum Gasteiger partial charge on any atom is -0.373 e. The summed E-state index contributed by atoms with van der Waals surface area (Å²) in [5.41, 5.74) is 3.74. The Labute approximate surface area is 149 Å². The van der Waals surface area contributed by atoms with Crippen molar-refractivity contribution in [2.45, 2.75) is 6.42 Å². The van der Waals surface area contributed by atoms with Crippen molar-refractivity contribution in [1.82, 2.24) is 10.2 Å². The summed E-state index contributed by atoms with van der Waals surface area (Å²) in [4.78, 5) is 16.3. The first-order chi connectivity index (χ1) is 12.2. The fraction of sp³-hybridized carbons (Fsp3) is 0.286. The van der Waals surface area contributed by atoms with Crippen LogP contribution in [-0.4, -0.2) is 44.2 Å². The van der Waals surface area contributed by atoms with Gasteiger partial charge in [0, 0.05) is 38.9 Å². The molecule has 0 aliphatic carbocycles. The van der Waals surface area contributed by atoms with Crippen LogP contribution >= 0.6 is 0 Å². The predicted octanol–water partition coefficient (Wildman–Crippen LogP) is 3.62. The second-order valence-corrected chi connectivity index (χ2v) is 6.28. The quantitative estimate of drug-likeness (QED) is 0.906. The van der Waals surface area contributed by atoms with Crippen molar-refractivity contribution in [1.29, 1.82) is 0 Å². The van der Waals surface area contributed by atoms with Crippen molar-refractivity contribution >= 4 is 17.3 Å². The Morgan fingerprint density at radius 3 is 2.40 bits per heavy atom. The zero-order chi connectivity index (χ0) is 17.5. The molecule has 1 heterocycles. The average Bonchev–Trinajstić information content (AvgIpc) is 2.69. The molecule has 1 aliphatic rings. The summed E-state index contributed by atoms with van der Waals surface area (Å²) in [5.74, 6) is 0. The van der Waals surface area contributed by atoms with Crippen LogP contribution < -0.4 is 10.2 Å². The molecule has 2 aromatic carbocycles. The third-order valence-corrected chi connectivity index (χ3v) is 4.56. The summed E-state index contributed by atoms with van der Waals surface area (Å²) in [7, 11) is 2.04. The molecule has 0 radical (unpaired) electrons. The lowest BCUT2D eigenvalue weighted by molar-refractivity contribution is 0.203. The maximum absolute atomic E-state index is 12.3. The highest BCUT2D eigenvalue weighted by molar-refractivity contribution is 5.76. The van der Waals surface area contributed by atoms with Crippen molar-refractivity contribution < 1.29 is 4.79 Å². The molecule has 3 rings (SSSR count). The molecule has 4 heteroatoms. The molecular formula is C21H25N3O. The molecule has 0 spiro atoms. The zero-order valence-corrected chi connectivity index (χ0v) is 14.7. The van der Waals surface area contributed by atoms with Gasteiger partial charge in [-0.1, -0.05) is 54.6 Å². The van der Waals surface area contributed by atoms with Gasteiger partial charge in [-0.05, 0) is 29.7 Å². The number of para-hydroxylation sites is 1. The molecule has 2 amide bonds. The Bertz CT molecular complexity index is 712. The van der Waals surface area contributed by atoms with Crippen molar-refractivity contribution in [3.05, 3.63) is 72.3 Å². The van der Waals surface area contributed by atoms with Crippen LogP contribution in [0.5, 0.6) is 0 Å². The predicted molar refractivity (Wildman–Crippen MR) is 104 cm³/mol. The van der Waals surface area contributed by atoms with E-state index >= 15 is 0 Å². The summed E-state index contributed by atoms with van der Waals surface area (Å²) < 4.78 is 0. The van der Waals surface area contributed by atoms with E-state index in [1.807, 2.05) is 36.2 Å². The van der Waals surface area contributed by atoms with E-state index in [0.717, 1.165) is 25.2 Å². The van der Waals surface area contributed by atoms with Crippen molar-refractivity contribution in [2.24, 2.45) is 0 Å². The van der Waals surface area contributed by atoms with Crippen LogP contribution in [0.4, 0.5) is 10.5 Å². The number of urea groups is 1. The number of anilines is 1. The fourth-order valence-electron chi connectivity index (χ4n) is 3.02. The second kappa shape index (κ2) is 8.38. The molecule has 0 saturated carbocycles. The number of hydrogen-bond donors (Lipinski definition) is 1. The van der Waals surface area contributed by atoms with Gasteiger partial charge in [0.1, 0.15) is 0 Å². The number of nitrogens with one attached hydrogen (secondary N) is 1. The number of carbonyl (C=O) groups is 1. The van der Waals surface area contributed by atoms with Crippen molar-refractivity contribution in [3.8, 4) is 0 Å². The molecule has 1 aliphatic heterocycles. The van der Waals surface area contributed by atoms with Crippen molar-refractivity contribution in [2.75, 3.05) is 38.1 Å². The monoisotopic (exact) mass is 335 g/mol. The minimum atomic E-state index is 0.0184. The summed E-state index contributed by atoms with van der Waals surface area (Å²) in [6.45, 7) is 2.86. The van der Waals surface area contributed by atoms with E-state index in [1.54, 1.807) is 0 Å². The highest BCUT2D eigenvalue weighted by atomic mass is 16.2. The van der Waals surface area contributed by atoms with E-state index in [4.69, 9.17) is 0 Å². The van der Waals surface area contributed by atoms with E-state index in [9.17, 15) is 4.79 Å². The Hall–Kier alpha value is -2.75. The van der Waals surface area contributed by atoms with Crippen molar-refractivity contribution in [3.63, 3.8) is 0 Å². The molecule has 130 valence electrons. The molecule has 0 bridgehead atoms. The van der Waals surface area contributed by atoms with Gasteiger partial charge in [0.15, 0.2) is 0 Å². The summed E-state index contributed by atoms with van der Waals surface area (Å²) in [6, 6.07) is 20.6. The Morgan fingerprint density at radius 2 is 1.76 bits per heavy atom. The van der Waals surface area contributed by atoms with E-state index in [-0.39, 0.29) is 6.03 Å². The lowest BCUT2D eigenvalue weighted by atomic mass is 10.00. The largest absolute Gasteiger partial charge is 0.373 e. The van der Waals surface area contributed by atoms with Crippen LogP contribution in [0.1, 0.15) is 12.0 Å². The van der Waals surface area contributed by atoms with Crippen LogP contribution in [0.15, 0.2) is 66.7 Å². The molecule has 25 heavy (non-hydrogen) atoms. The number of hydrogen-bond acceptors (Lipinski definition) is 2. The lowest BCUT2D eigenvalue weighted by Crippen LogP contribution is -2.44. The maximum atomic E-state index is 12.3.